The summed E-state index contributed by atoms with van der Waals surface area (Å²) >= 11 is 1.89. The largest absolute Gasteiger partial charge is 0.480 e. The SMILES string of the molecule is CCCCOC[C@H]1O[C@H](C(F)(F)CC(NC(=O)OCc2ccccc2)C(=O)O)[C@H](I)[C@@H](OCCCC)[C@H]1OCCCC. The van der Waals surface area contributed by atoms with Crippen LogP contribution in [0.5, 0.6) is 0 Å². The lowest BCUT2D eigenvalue weighted by Gasteiger charge is -2.47. The zero-order valence-corrected chi connectivity index (χ0v) is 26.9. The number of carboxylic acid groups (broad SMARTS) is 1. The van der Waals surface area contributed by atoms with Gasteiger partial charge in [0.15, 0.2) is 0 Å². The molecule has 9 nitrogen and oxygen atoms in total. The molecule has 1 unspecified atom stereocenters. The van der Waals surface area contributed by atoms with Crippen LogP contribution in [-0.2, 0) is 35.1 Å². The summed E-state index contributed by atoms with van der Waals surface area (Å²) in [5, 5.41) is 11.8. The Kier molecular flexibility index (Phi) is 17.1. The molecule has 0 radical (unpaired) electrons. The zero-order valence-electron chi connectivity index (χ0n) is 24.8. The van der Waals surface area contributed by atoms with Gasteiger partial charge in [-0.25, -0.2) is 18.4 Å². The molecule has 42 heavy (non-hydrogen) atoms. The quantitative estimate of drug-likeness (QED) is 0.0941. The minimum absolute atomic E-state index is 0.0345. The fourth-order valence-corrected chi connectivity index (χ4v) is 5.74. The summed E-state index contributed by atoms with van der Waals surface area (Å²) in [6.45, 7) is 7.20. The van der Waals surface area contributed by atoms with E-state index in [2.05, 4.69) is 5.32 Å². The van der Waals surface area contributed by atoms with Crippen LogP contribution in [0.25, 0.3) is 0 Å². The summed E-state index contributed by atoms with van der Waals surface area (Å²) in [4.78, 5) is 24.3. The molecule has 1 aromatic carbocycles. The zero-order chi connectivity index (χ0) is 31.0. The van der Waals surface area contributed by atoms with Crippen LogP contribution < -0.4 is 5.32 Å². The summed E-state index contributed by atoms with van der Waals surface area (Å²) in [5.41, 5.74) is 0.672. The molecule has 1 amide bonds. The second-order valence-corrected chi connectivity index (χ2v) is 11.8. The summed E-state index contributed by atoms with van der Waals surface area (Å²) < 4.78 is 60.2. The molecule has 0 aliphatic carbocycles. The van der Waals surface area contributed by atoms with Crippen molar-refractivity contribution >= 4 is 34.7 Å². The topological polar surface area (TPSA) is 113 Å². The van der Waals surface area contributed by atoms with E-state index >= 15 is 8.78 Å². The minimum Gasteiger partial charge on any atom is -0.480 e. The maximum absolute atomic E-state index is 16.0. The third-order valence-electron chi connectivity index (χ3n) is 6.85. The van der Waals surface area contributed by atoms with Gasteiger partial charge < -0.3 is 34.1 Å². The molecule has 2 N–H and O–H groups in total. The summed E-state index contributed by atoms with van der Waals surface area (Å²) in [6, 6.07) is 6.83. The van der Waals surface area contributed by atoms with Crippen molar-refractivity contribution in [1.29, 1.82) is 0 Å². The van der Waals surface area contributed by atoms with Crippen LogP contribution in [0, 0.1) is 0 Å². The fraction of sp³-hybridized carbons (Fsp3) is 0.733. The molecule has 0 bridgehead atoms. The number of aliphatic carboxylic acids is 1. The Bertz CT molecular complexity index is 913. The first-order chi connectivity index (χ1) is 20.1. The first-order valence-corrected chi connectivity index (χ1v) is 16.1. The molecular formula is C30H46F2INO8. The highest BCUT2D eigenvalue weighted by Gasteiger charge is 2.56. The molecule has 0 saturated carbocycles. The smallest absolute Gasteiger partial charge is 0.408 e. The maximum Gasteiger partial charge on any atom is 0.408 e. The second kappa shape index (κ2) is 19.6. The average Bonchev–Trinajstić information content (AvgIpc) is 2.96. The van der Waals surface area contributed by atoms with Crippen molar-refractivity contribution in [3.63, 3.8) is 0 Å². The van der Waals surface area contributed by atoms with E-state index in [1.807, 2.05) is 43.4 Å². The highest BCUT2D eigenvalue weighted by molar-refractivity contribution is 14.1. The van der Waals surface area contributed by atoms with Gasteiger partial charge in [0.1, 0.15) is 37.1 Å². The van der Waals surface area contributed by atoms with Crippen molar-refractivity contribution in [3.8, 4) is 0 Å². The summed E-state index contributed by atoms with van der Waals surface area (Å²) in [6.07, 6.45) is -1.19. The molecule has 240 valence electrons. The lowest BCUT2D eigenvalue weighted by Crippen LogP contribution is -2.63. The number of rotatable bonds is 20. The van der Waals surface area contributed by atoms with Gasteiger partial charge in [0, 0.05) is 26.2 Å². The molecule has 1 aliphatic rings. The molecule has 1 aromatic rings. The number of halogens is 3. The maximum atomic E-state index is 16.0. The van der Waals surface area contributed by atoms with E-state index in [0.29, 0.717) is 25.4 Å². The number of alkyl carbamates (subject to hydrolysis) is 1. The molecule has 0 spiro atoms. The Morgan fingerprint density at radius 3 is 2.19 bits per heavy atom. The van der Waals surface area contributed by atoms with Crippen LogP contribution in [0.1, 0.15) is 71.3 Å². The van der Waals surface area contributed by atoms with Crippen LogP contribution in [0.2, 0.25) is 0 Å². The number of carbonyl (C=O) groups excluding carboxylic acids is 1. The van der Waals surface area contributed by atoms with Gasteiger partial charge in [0.25, 0.3) is 5.92 Å². The van der Waals surface area contributed by atoms with E-state index in [9.17, 15) is 14.7 Å². The van der Waals surface area contributed by atoms with Crippen molar-refractivity contribution in [3.05, 3.63) is 35.9 Å². The number of hydrogen-bond acceptors (Lipinski definition) is 7. The predicted molar refractivity (Wildman–Crippen MR) is 162 cm³/mol. The van der Waals surface area contributed by atoms with Crippen LogP contribution >= 0.6 is 22.6 Å². The number of carboxylic acids is 1. The van der Waals surface area contributed by atoms with Gasteiger partial charge in [-0.1, -0.05) is 93.0 Å². The van der Waals surface area contributed by atoms with Crippen molar-refractivity contribution in [2.45, 2.75) is 113 Å². The predicted octanol–water partition coefficient (Wildman–Crippen LogP) is 6.15. The molecule has 1 heterocycles. The highest BCUT2D eigenvalue weighted by Crippen LogP contribution is 2.40. The third-order valence-corrected chi connectivity index (χ3v) is 8.21. The van der Waals surface area contributed by atoms with Gasteiger partial charge in [-0.15, -0.1) is 0 Å². The molecule has 1 saturated heterocycles. The van der Waals surface area contributed by atoms with E-state index in [0.717, 1.165) is 38.5 Å². The number of unbranched alkanes of at least 4 members (excludes halogenated alkanes) is 3. The molecule has 6 atom stereocenters. The van der Waals surface area contributed by atoms with Gasteiger partial charge in [-0.2, -0.15) is 0 Å². The number of hydrogen-bond donors (Lipinski definition) is 2. The number of nitrogens with one attached hydrogen (secondary N) is 1. The average molecular weight is 714 g/mol. The Labute approximate surface area is 261 Å². The number of benzene rings is 1. The van der Waals surface area contributed by atoms with Crippen LogP contribution in [0.4, 0.5) is 13.6 Å². The number of carbonyl (C=O) groups is 2. The van der Waals surface area contributed by atoms with Crippen LogP contribution in [0.15, 0.2) is 30.3 Å². The molecular weight excluding hydrogens is 667 g/mol. The summed E-state index contributed by atoms with van der Waals surface area (Å²) in [5.74, 6) is -5.26. The van der Waals surface area contributed by atoms with Crippen molar-refractivity contribution in [1.82, 2.24) is 5.32 Å². The van der Waals surface area contributed by atoms with E-state index in [4.69, 9.17) is 23.7 Å². The Hall–Kier alpha value is -1.61. The van der Waals surface area contributed by atoms with Gasteiger partial charge in [-0.05, 0) is 24.8 Å². The lowest BCUT2D eigenvalue weighted by atomic mass is 9.91. The van der Waals surface area contributed by atoms with Gasteiger partial charge >= 0.3 is 12.1 Å². The molecule has 12 heteroatoms. The Morgan fingerprint density at radius 1 is 1.00 bits per heavy atom. The number of ether oxygens (including phenoxy) is 5. The molecule has 1 fully saturated rings. The van der Waals surface area contributed by atoms with E-state index in [-0.39, 0.29) is 13.2 Å². The van der Waals surface area contributed by atoms with E-state index in [1.165, 1.54) is 0 Å². The van der Waals surface area contributed by atoms with E-state index < -0.39 is 58.8 Å². The van der Waals surface area contributed by atoms with E-state index in [1.54, 1.807) is 30.3 Å². The molecule has 2 rings (SSSR count). The minimum atomic E-state index is -3.65. The number of amides is 1. The first kappa shape index (κ1) is 36.6. The highest BCUT2D eigenvalue weighted by atomic mass is 127. The third kappa shape index (κ3) is 12.2. The van der Waals surface area contributed by atoms with Crippen molar-refractivity contribution in [2.75, 3.05) is 26.4 Å². The monoisotopic (exact) mass is 713 g/mol. The lowest BCUT2D eigenvalue weighted by molar-refractivity contribution is -0.254. The Balaban J connectivity index is 2.21. The number of alkyl halides is 3. The van der Waals surface area contributed by atoms with Gasteiger partial charge in [0.05, 0.1) is 10.5 Å². The van der Waals surface area contributed by atoms with Crippen LogP contribution in [-0.4, -0.2) is 83.9 Å². The van der Waals surface area contributed by atoms with Crippen molar-refractivity contribution in [2.24, 2.45) is 0 Å². The standard InChI is InChI=1S/C30H46F2INO8/c1-4-7-15-38-20-23-25(39-16-8-5-2)26(40-17-9-6-3)24(33)27(42-23)30(31,32)18-22(28(35)36)34-29(37)41-19-21-13-11-10-12-14-21/h10-14,22-27H,4-9,15-20H2,1-3H3,(H,34,37)(H,35,36)/t22?,23-,24-,25+,26-,27+/m1/s1. The fourth-order valence-electron chi connectivity index (χ4n) is 4.43. The van der Waals surface area contributed by atoms with Gasteiger partial charge in [-0.3, -0.25) is 0 Å². The van der Waals surface area contributed by atoms with Crippen LogP contribution in [0.3, 0.4) is 0 Å². The second-order valence-electron chi connectivity index (χ2n) is 10.4. The van der Waals surface area contributed by atoms with Crippen molar-refractivity contribution < 1.29 is 47.2 Å². The van der Waals surface area contributed by atoms with Gasteiger partial charge in [0.2, 0.25) is 0 Å². The first-order valence-electron chi connectivity index (χ1n) is 14.8. The molecule has 1 aliphatic heterocycles. The molecule has 0 aromatic heterocycles. The summed E-state index contributed by atoms with van der Waals surface area (Å²) in [7, 11) is 0. The Morgan fingerprint density at radius 2 is 1.60 bits per heavy atom. The normalized spacial score (nSPS) is 23.3.